The average molecular weight is 373 g/mol. The van der Waals surface area contributed by atoms with Gasteiger partial charge in [-0.15, -0.1) is 11.3 Å². The molecule has 1 heterocycles. The molecule has 1 nitrogen and oxygen atoms in total. The minimum Gasteiger partial charge on any atom is -0.376 e. The molecule has 1 aromatic heterocycles. The number of rotatable bonds is 4. The molecule has 0 amide bonds. The number of thiophene rings is 1. The van der Waals surface area contributed by atoms with Gasteiger partial charge in [-0.25, -0.2) is 4.39 Å². The second-order valence-electron chi connectivity index (χ2n) is 4.58. The van der Waals surface area contributed by atoms with Crippen molar-refractivity contribution in [3.8, 4) is 0 Å². The van der Waals surface area contributed by atoms with Crippen LogP contribution in [0.1, 0.15) is 23.8 Å². The first-order chi connectivity index (χ1) is 8.75. The van der Waals surface area contributed by atoms with Crippen molar-refractivity contribution in [1.82, 2.24) is 0 Å². The van der Waals surface area contributed by atoms with Crippen LogP contribution in [0.2, 0.25) is 0 Å². The van der Waals surface area contributed by atoms with Crippen molar-refractivity contribution in [1.29, 1.82) is 0 Å². The quantitative estimate of drug-likeness (QED) is 0.740. The van der Waals surface area contributed by atoms with Gasteiger partial charge >= 0.3 is 0 Å². The number of anilines is 1. The van der Waals surface area contributed by atoms with E-state index in [1.54, 1.807) is 17.4 Å². The maximum Gasteiger partial charge on any atom is 0.138 e. The Bertz CT molecular complexity index is 537. The zero-order valence-electron chi connectivity index (χ0n) is 9.70. The smallest absolute Gasteiger partial charge is 0.138 e. The third kappa shape index (κ3) is 2.54. The summed E-state index contributed by atoms with van der Waals surface area (Å²) in [5, 5.41) is 5.62. The van der Waals surface area contributed by atoms with Crippen LogP contribution in [0.4, 0.5) is 10.1 Å². The van der Waals surface area contributed by atoms with Gasteiger partial charge in [0.15, 0.2) is 0 Å². The van der Waals surface area contributed by atoms with E-state index >= 15 is 0 Å². The molecule has 1 aliphatic rings. The summed E-state index contributed by atoms with van der Waals surface area (Å²) >= 11 is 3.84. The van der Waals surface area contributed by atoms with Crippen LogP contribution in [0.15, 0.2) is 35.7 Å². The van der Waals surface area contributed by atoms with Crippen molar-refractivity contribution in [2.45, 2.75) is 18.9 Å². The van der Waals surface area contributed by atoms with Crippen molar-refractivity contribution in [2.24, 2.45) is 5.92 Å². The van der Waals surface area contributed by atoms with Gasteiger partial charge in [-0.05, 0) is 64.9 Å². The predicted octanol–water partition coefficient (Wildman–Crippen LogP) is 5.06. The molecule has 0 bridgehead atoms. The molecule has 4 heteroatoms. The number of hydrogen-bond acceptors (Lipinski definition) is 2. The van der Waals surface area contributed by atoms with Crippen LogP contribution < -0.4 is 5.32 Å². The van der Waals surface area contributed by atoms with E-state index in [1.807, 2.05) is 6.07 Å². The van der Waals surface area contributed by atoms with Crippen molar-refractivity contribution in [3.63, 3.8) is 0 Å². The highest BCUT2D eigenvalue weighted by Gasteiger charge is 2.33. The highest BCUT2D eigenvalue weighted by atomic mass is 127. The molecule has 1 aliphatic carbocycles. The molecular weight excluding hydrogens is 360 g/mol. The van der Waals surface area contributed by atoms with Crippen LogP contribution in [-0.4, -0.2) is 0 Å². The SMILES string of the molecule is Fc1cccc(NC(c2cccs2)C2CC2)c1I. The van der Waals surface area contributed by atoms with Crippen LogP contribution in [0, 0.1) is 15.3 Å². The molecule has 94 valence electrons. The molecular formula is C14H13FINS. The third-order valence-corrected chi connectivity index (χ3v) is 5.26. The van der Waals surface area contributed by atoms with Crippen molar-refractivity contribution in [2.75, 3.05) is 5.32 Å². The molecule has 0 spiro atoms. The summed E-state index contributed by atoms with van der Waals surface area (Å²) in [6.07, 6.45) is 2.53. The lowest BCUT2D eigenvalue weighted by Crippen LogP contribution is -2.12. The van der Waals surface area contributed by atoms with E-state index in [0.29, 0.717) is 15.5 Å². The molecule has 0 radical (unpaired) electrons. The topological polar surface area (TPSA) is 12.0 Å². The molecule has 1 aromatic carbocycles. The fourth-order valence-electron chi connectivity index (χ4n) is 2.10. The molecule has 1 atom stereocenters. The Balaban J connectivity index is 1.87. The van der Waals surface area contributed by atoms with Crippen LogP contribution in [0.5, 0.6) is 0 Å². The Hall–Kier alpha value is -0.620. The predicted molar refractivity (Wildman–Crippen MR) is 82.5 cm³/mol. The Labute approximate surface area is 124 Å². The summed E-state index contributed by atoms with van der Waals surface area (Å²) in [5.74, 6) is 0.545. The number of nitrogens with one attached hydrogen (secondary N) is 1. The molecule has 2 aromatic rings. The van der Waals surface area contributed by atoms with Crippen LogP contribution in [0.3, 0.4) is 0 Å². The second kappa shape index (κ2) is 5.17. The van der Waals surface area contributed by atoms with Gasteiger partial charge in [-0.3, -0.25) is 0 Å². The molecule has 18 heavy (non-hydrogen) atoms. The highest BCUT2D eigenvalue weighted by Crippen LogP contribution is 2.44. The van der Waals surface area contributed by atoms with Gasteiger partial charge in [0.05, 0.1) is 15.3 Å². The molecule has 1 N–H and O–H groups in total. The lowest BCUT2D eigenvalue weighted by atomic mass is 10.1. The third-order valence-electron chi connectivity index (χ3n) is 3.21. The number of benzene rings is 1. The average Bonchev–Trinajstić information content (AvgIpc) is 3.06. The lowest BCUT2D eigenvalue weighted by Gasteiger charge is -2.19. The van der Waals surface area contributed by atoms with Crippen LogP contribution >= 0.6 is 33.9 Å². The van der Waals surface area contributed by atoms with Crippen molar-refractivity contribution >= 4 is 39.6 Å². The first-order valence-corrected chi connectivity index (χ1v) is 7.95. The van der Waals surface area contributed by atoms with Gasteiger partial charge in [-0.1, -0.05) is 12.1 Å². The van der Waals surface area contributed by atoms with E-state index in [-0.39, 0.29) is 5.82 Å². The first kappa shape index (κ1) is 12.4. The van der Waals surface area contributed by atoms with Gasteiger partial charge in [0.2, 0.25) is 0 Å². The van der Waals surface area contributed by atoms with E-state index in [0.717, 1.165) is 5.69 Å². The van der Waals surface area contributed by atoms with Gasteiger partial charge in [-0.2, -0.15) is 0 Å². The zero-order chi connectivity index (χ0) is 12.5. The molecule has 1 saturated carbocycles. The van der Waals surface area contributed by atoms with Gasteiger partial charge in [0, 0.05) is 4.88 Å². The normalized spacial score (nSPS) is 16.6. The van der Waals surface area contributed by atoms with Gasteiger partial charge in [0.25, 0.3) is 0 Å². The van der Waals surface area contributed by atoms with Crippen LogP contribution in [-0.2, 0) is 0 Å². The fourth-order valence-corrected chi connectivity index (χ4v) is 3.49. The van der Waals surface area contributed by atoms with E-state index < -0.39 is 0 Å². The second-order valence-corrected chi connectivity index (χ2v) is 6.63. The number of hydrogen-bond donors (Lipinski definition) is 1. The minimum atomic E-state index is -0.152. The highest BCUT2D eigenvalue weighted by molar-refractivity contribution is 14.1. The van der Waals surface area contributed by atoms with Crippen LogP contribution in [0.25, 0.3) is 0 Å². The maximum absolute atomic E-state index is 13.5. The van der Waals surface area contributed by atoms with E-state index in [2.05, 4.69) is 45.4 Å². The summed E-state index contributed by atoms with van der Waals surface area (Å²) in [6.45, 7) is 0. The van der Waals surface area contributed by atoms with E-state index in [9.17, 15) is 4.39 Å². The summed E-state index contributed by atoms with van der Waals surface area (Å²) in [6, 6.07) is 9.79. The van der Waals surface area contributed by atoms with Gasteiger partial charge in [0.1, 0.15) is 5.82 Å². The number of halogens is 2. The Kier molecular flexibility index (Phi) is 3.56. The van der Waals surface area contributed by atoms with E-state index in [1.165, 1.54) is 23.8 Å². The van der Waals surface area contributed by atoms with Gasteiger partial charge < -0.3 is 5.32 Å². The lowest BCUT2D eigenvalue weighted by molar-refractivity contribution is 0.619. The molecule has 1 fully saturated rings. The first-order valence-electron chi connectivity index (χ1n) is 5.99. The minimum absolute atomic E-state index is 0.152. The summed E-state index contributed by atoms with van der Waals surface area (Å²) < 4.78 is 14.2. The van der Waals surface area contributed by atoms with Crippen molar-refractivity contribution in [3.05, 3.63) is 50.0 Å². The fraction of sp³-hybridized carbons (Fsp3) is 0.286. The zero-order valence-corrected chi connectivity index (χ0v) is 12.7. The molecule has 3 rings (SSSR count). The Morgan fingerprint density at radius 1 is 1.28 bits per heavy atom. The molecule has 1 unspecified atom stereocenters. The van der Waals surface area contributed by atoms with E-state index in [4.69, 9.17) is 0 Å². The summed E-state index contributed by atoms with van der Waals surface area (Å²) in [4.78, 5) is 1.34. The largest absolute Gasteiger partial charge is 0.376 e. The Morgan fingerprint density at radius 2 is 2.11 bits per heavy atom. The molecule has 0 aliphatic heterocycles. The molecule has 0 saturated heterocycles. The maximum atomic E-state index is 13.5. The standard InChI is InChI=1S/C14H13FINS/c15-10-3-1-4-11(13(10)16)17-14(9-6-7-9)12-5-2-8-18-12/h1-5,8-9,14,17H,6-7H2. The van der Waals surface area contributed by atoms with Crippen molar-refractivity contribution < 1.29 is 4.39 Å². The monoisotopic (exact) mass is 373 g/mol. The summed E-state index contributed by atoms with van der Waals surface area (Å²) in [7, 11) is 0. The Morgan fingerprint density at radius 3 is 2.78 bits per heavy atom. The summed E-state index contributed by atoms with van der Waals surface area (Å²) in [5.41, 5.74) is 0.904.